The summed E-state index contributed by atoms with van der Waals surface area (Å²) < 4.78 is 4.79. The zero-order chi connectivity index (χ0) is 19.0. The first kappa shape index (κ1) is 20.7. The highest BCUT2D eigenvalue weighted by atomic mass is 16.6. The topological polar surface area (TPSA) is 172 Å². The van der Waals surface area contributed by atoms with E-state index in [4.69, 9.17) is 21.3 Å². The van der Waals surface area contributed by atoms with E-state index in [-0.39, 0.29) is 17.8 Å². The Labute approximate surface area is 146 Å². The van der Waals surface area contributed by atoms with Crippen molar-refractivity contribution in [1.29, 1.82) is 0 Å². The third-order valence-corrected chi connectivity index (χ3v) is 3.51. The minimum Gasteiger partial charge on any atom is -0.479 e. The molecule has 10 heteroatoms. The standard InChI is InChI=1S/C15H27N5O5/c1-8(2)7-9(20-13(22)10-11(25-10)14(23)24)12(21)18-5-3-4-6-19-15(16)17/h8-11H,3-7H2,1-2H3,(H,18,21)(H,20,22)(H,23,24)(H4,16,17,19)/t9-,10+,11+/m1/s1. The van der Waals surface area contributed by atoms with Gasteiger partial charge in [-0.3, -0.25) is 14.6 Å². The summed E-state index contributed by atoms with van der Waals surface area (Å²) in [6.07, 6.45) is -0.304. The minimum atomic E-state index is -1.19. The Morgan fingerprint density at radius 2 is 1.88 bits per heavy atom. The molecule has 0 spiro atoms. The predicted molar refractivity (Wildman–Crippen MR) is 90.6 cm³/mol. The number of amides is 2. The average molecular weight is 357 g/mol. The highest BCUT2D eigenvalue weighted by molar-refractivity contribution is 5.95. The molecule has 0 aliphatic carbocycles. The van der Waals surface area contributed by atoms with Crippen molar-refractivity contribution < 1.29 is 24.2 Å². The van der Waals surface area contributed by atoms with Gasteiger partial charge in [0, 0.05) is 13.1 Å². The third kappa shape index (κ3) is 7.84. The number of nitrogens with zero attached hydrogens (tertiary/aromatic N) is 1. The number of ether oxygens (including phenoxy) is 1. The zero-order valence-corrected chi connectivity index (χ0v) is 14.5. The fraction of sp³-hybridized carbons (Fsp3) is 0.733. The van der Waals surface area contributed by atoms with Crippen LogP contribution in [0.4, 0.5) is 0 Å². The number of epoxide rings is 1. The van der Waals surface area contributed by atoms with Crippen LogP contribution < -0.4 is 22.1 Å². The van der Waals surface area contributed by atoms with E-state index < -0.39 is 30.1 Å². The lowest BCUT2D eigenvalue weighted by Crippen LogP contribution is -2.49. The Hall–Kier alpha value is -2.36. The van der Waals surface area contributed by atoms with Gasteiger partial charge in [0.25, 0.3) is 5.91 Å². The van der Waals surface area contributed by atoms with E-state index >= 15 is 0 Å². The van der Waals surface area contributed by atoms with Crippen LogP contribution in [-0.4, -0.2) is 60.2 Å². The van der Waals surface area contributed by atoms with E-state index in [1.807, 2.05) is 13.8 Å². The Bertz CT molecular complexity index is 518. The molecule has 142 valence electrons. The number of carbonyl (C=O) groups is 3. The summed E-state index contributed by atoms with van der Waals surface area (Å²) in [7, 11) is 0. The van der Waals surface area contributed by atoms with Crippen LogP contribution in [0.25, 0.3) is 0 Å². The van der Waals surface area contributed by atoms with Gasteiger partial charge in [0.2, 0.25) is 5.91 Å². The first-order valence-corrected chi connectivity index (χ1v) is 8.24. The Morgan fingerprint density at radius 3 is 2.40 bits per heavy atom. The number of aliphatic imine (C=N–C) groups is 1. The van der Waals surface area contributed by atoms with Gasteiger partial charge < -0.3 is 31.9 Å². The molecule has 1 heterocycles. The quantitative estimate of drug-likeness (QED) is 0.130. The molecule has 0 aromatic carbocycles. The molecule has 1 aliphatic rings. The molecule has 3 atom stereocenters. The maximum Gasteiger partial charge on any atom is 0.336 e. The van der Waals surface area contributed by atoms with Crippen LogP contribution in [0.15, 0.2) is 4.99 Å². The van der Waals surface area contributed by atoms with Crippen LogP contribution in [0.2, 0.25) is 0 Å². The van der Waals surface area contributed by atoms with Gasteiger partial charge in [0.05, 0.1) is 0 Å². The molecule has 0 saturated carbocycles. The van der Waals surface area contributed by atoms with Crippen LogP contribution in [-0.2, 0) is 19.1 Å². The fourth-order valence-electron chi connectivity index (χ4n) is 2.24. The van der Waals surface area contributed by atoms with Crippen molar-refractivity contribution in [2.45, 2.75) is 51.4 Å². The number of carbonyl (C=O) groups excluding carboxylic acids is 2. The van der Waals surface area contributed by atoms with Crippen molar-refractivity contribution in [3.63, 3.8) is 0 Å². The second-order valence-corrected chi connectivity index (χ2v) is 6.31. The molecular formula is C15H27N5O5. The van der Waals surface area contributed by atoms with Gasteiger partial charge in [-0.2, -0.15) is 0 Å². The Balaban J connectivity index is 2.40. The molecule has 0 unspecified atom stereocenters. The van der Waals surface area contributed by atoms with Crippen molar-refractivity contribution in [3.05, 3.63) is 0 Å². The lowest BCUT2D eigenvalue weighted by atomic mass is 10.0. The number of rotatable bonds is 11. The average Bonchev–Trinajstić information content (AvgIpc) is 3.29. The van der Waals surface area contributed by atoms with Crippen molar-refractivity contribution in [1.82, 2.24) is 10.6 Å². The largest absolute Gasteiger partial charge is 0.479 e. The van der Waals surface area contributed by atoms with E-state index in [2.05, 4.69) is 15.6 Å². The second-order valence-electron chi connectivity index (χ2n) is 6.31. The van der Waals surface area contributed by atoms with Crippen LogP contribution in [0.1, 0.15) is 33.1 Å². The first-order chi connectivity index (χ1) is 11.7. The van der Waals surface area contributed by atoms with E-state index in [0.29, 0.717) is 25.9 Å². The second kappa shape index (κ2) is 9.82. The van der Waals surface area contributed by atoms with Gasteiger partial charge in [-0.15, -0.1) is 0 Å². The lowest BCUT2D eigenvalue weighted by Gasteiger charge is -2.19. The molecule has 25 heavy (non-hydrogen) atoms. The SMILES string of the molecule is CC(C)C[C@@H](NC(=O)[C@H]1O[C@@H]1C(=O)O)C(=O)NCCCCN=C(N)N. The molecule has 0 aromatic heterocycles. The molecule has 1 fully saturated rings. The summed E-state index contributed by atoms with van der Waals surface area (Å²) in [6.45, 7) is 4.77. The number of hydrogen-bond acceptors (Lipinski definition) is 5. The molecule has 2 amide bonds. The molecule has 7 N–H and O–H groups in total. The van der Waals surface area contributed by atoms with Gasteiger partial charge in [-0.1, -0.05) is 13.8 Å². The summed E-state index contributed by atoms with van der Waals surface area (Å²) in [5.74, 6) is -1.87. The molecule has 1 aliphatic heterocycles. The van der Waals surface area contributed by atoms with E-state index in [9.17, 15) is 14.4 Å². The highest BCUT2D eigenvalue weighted by Crippen LogP contribution is 2.22. The number of carboxylic acids is 1. The zero-order valence-electron chi connectivity index (χ0n) is 14.5. The van der Waals surface area contributed by atoms with Gasteiger partial charge in [-0.25, -0.2) is 4.79 Å². The predicted octanol–water partition coefficient (Wildman–Crippen LogP) is -1.46. The molecule has 0 radical (unpaired) electrons. The highest BCUT2D eigenvalue weighted by Gasteiger charge is 2.51. The minimum absolute atomic E-state index is 0.0331. The maximum absolute atomic E-state index is 12.3. The summed E-state index contributed by atoms with van der Waals surface area (Å²) in [4.78, 5) is 38.8. The molecular weight excluding hydrogens is 330 g/mol. The van der Waals surface area contributed by atoms with Crippen LogP contribution >= 0.6 is 0 Å². The molecule has 0 aromatic rings. The van der Waals surface area contributed by atoms with Gasteiger partial charge in [-0.05, 0) is 25.2 Å². The van der Waals surface area contributed by atoms with Crippen LogP contribution in [0.3, 0.4) is 0 Å². The number of unbranched alkanes of at least 4 members (excludes halogenated alkanes) is 1. The third-order valence-electron chi connectivity index (χ3n) is 3.51. The summed E-state index contributed by atoms with van der Waals surface area (Å²) in [5, 5.41) is 14.1. The van der Waals surface area contributed by atoms with Crippen LogP contribution in [0.5, 0.6) is 0 Å². The normalized spacial score (nSPS) is 19.8. The number of hydrogen-bond donors (Lipinski definition) is 5. The smallest absolute Gasteiger partial charge is 0.336 e. The number of aliphatic carboxylic acids is 1. The molecule has 1 rings (SSSR count). The summed E-state index contributed by atoms with van der Waals surface area (Å²) >= 11 is 0. The van der Waals surface area contributed by atoms with Crippen molar-refractivity contribution in [2.75, 3.05) is 13.1 Å². The maximum atomic E-state index is 12.3. The van der Waals surface area contributed by atoms with Gasteiger partial charge in [0.15, 0.2) is 18.2 Å². The molecule has 1 saturated heterocycles. The number of carboxylic acid groups (broad SMARTS) is 1. The molecule has 10 nitrogen and oxygen atoms in total. The van der Waals surface area contributed by atoms with Gasteiger partial charge >= 0.3 is 5.97 Å². The number of nitrogens with one attached hydrogen (secondary N) is 2. The van der Waals surface area contributed by atoms with E-state index in [0.717, 1.165) is 6.42 Å². The van der Waals surface area contributed by atoms with Crippen LogP contribution in [0, 0.1) is 5.92 Å². The van der Waals surface area contributed by atoms with E-state index in [1.165, 1.54) is 0 Å². The number of nitrogens with two attached hydrogens (primary N) is 2. The Morgan fingerprint density at radius 1 is 1.20 bits per heavy atom. The fourth-order valence-corrected chi connectivity index (χ4v) is 2.24. The Kier molecular flexibility index (Phi) is 8.12. The van der Waals surface area contributed by atoms with Crippen molar-refractivity contribution in [2.24, 2.45) is 22.4 Å². The van der Waals surface area contributed by atoms with Gasteiger partial charge in [0.1, 0.15) is 6.04 Å². The number of guanidine groups is 1. The van der Waals surface area contributed by atoms with E-state index in [1.54, 1.807) is 0 Å². The first-order valence-electron chi connectivity index (χ1n) is 8.24. The summed E-state index contributed by atoms with van der Waals surface area (Å²) in [6, 6.07) is -0.733. The van der Waals surface area contributed by atoms with Crippen molar-refractivity contribution >= 4 is 23.7 Å². The lowest BCUT2D eigenvalue weighted by molar-refractivity contribution is -0.138. The monoisotopic (exact) mass is 357 g/mol. The van der Waals surface area contributed by atoms with Crippen molar-refractivity contribution in [3.8, 4) is 0 Å². The summed E-state index contributed by atoms with van der Waals surface area (Å²) in [5.41, 5.74) is 10.4. The molecule has 0 bridgehead atoms.